The summed E-state index contributed by atoms with van der Waals surface area (Å²) in [5.74, 6) is -4.14. The Bertz CT molecular complexity index is 1280. The lowest BCUT2D eigenvalue weighted by Crippen LogP contribution is -2.37. The molecule has 0 atom stereocenters. The highest BCUT2D eigenvalue weighted by atomic mass is 19.3. The van der Waals surface area contributed by atoms with E-state index in [4.69, 9.17) is 0 Å². The lowest BCUT2D eigenvalue weighted by molar-refractivity contribution is -0.223. The lowest BCUT2D eigenvalue weighted by atomic mass is 9.75. The average molecular weight is 663 g/mol. The fourth-order valence-electron chi connectivity index (χ4n) is 8.46. The van der Waals surface area contributed by atoms with Crippen LogP contribution in [0.15, 0.2) is 42.5 Å². The summed E-state index contributed by atoms with van der Waals surface area (Å²) >= 11 is 0. The number of hydrogen-bond acceptors (Lipinski definition) is 1. The van der Waals surface area contributed by atoms with Crippen LogP contribution in [0.2, 0.25) is 0 Å². The molecule has 5 rings (SSSR count). The van der Waals surface area contributed by atoms with Crippen LogP contribution < -0.4 is 4.74 Å². The van der Waals surface area contributed by atoms with Crippen molar-refractivity contribution in [3.63, 3.8) is 0 Å². The Labute approximate surface area is 277 Å². The standard InChI is InChI=1S/C40H52F6O/c1-2-3-4-7-27-10-16-30(17-11-27)32-20-23-35(36(41)24-32)31-18-12-28(13-19-31)8-5-6-9-29-14-21-33(22-15-29)40(45,46)47-34-25-37(42)39(44)38(43)26-34/h5,8,20,23-31,33H,2-4,6-7,9-19,21-22H2,1H3/b8-5+. The topological polar surface area (TPSA) is 9.23 Å². The van der Waals surface area contributed by atoms with Gasteiger partial charge >= 0.3 is 6.11 Å². The molecule has 0 N–H and O–H groups in total. The van der Waals surface area contributed by atoms with E-state index in [1.807, 2.05) is 6.07 Å². The number of allylic oxidation sites excluding steroid dienone is 2. The second-order valence-electron chi connectivity index (χ2n) is 14.7. The summed E-state index contributed by atoms with van der Waals surface area (Å²) in [6, 6.07) is 7.00. The van der Waals surface area contributed by atoms with Crippen LogP contribution in [-0.4, -0.2) is 6.11 Å². The van der Waals surface area contributed by atoms with E-state index in [9.17, 15) is 22.0 Å². The molecule has 3 saturated carbocycles. The summed E-state index contributed by atoms with van der Waals surface area (Å²) in [5, 5.41) is 0. The van der Waals surface area contributed by atoms with E-state index in [-0.39, 0.29) is 24.6 Å². The van der Waals surface area contributed by atoms with Crippen molar-refractivity contribution in [1.29, 1.82) is 0 Å². The summed E-state index contributed by atoms with van der Waals surface area (Å²) in [6.45, 7) is 2.25. The molecule has 0 saturated heterocycles. The van der Waals surface area contributed by atoms with Gasteiger partial charge in [-0.2, -0.15) is 8.78 Å². The molecule has 0 bridgehead atoms. The van der Waals surface area contributed by atoms with E-state index in [2.05, 4.69) is 35.9 Å². The summed E-state index contributed by atoms with van der Waals surface area (Å²) in [5.41, 5.74) is 2.07. The number of halogens is 6. The molecule has 0 heterocycles. The monoisotopic (exact) mass is 662 g/mol. The second kappa shape index (κ2) is 16.8. The van der Waals surface area contributed by atoms with Gasteiger partial charge in [0, 0.05) is 12.1 Å². The molecule has 0 aromatic heterocycles. The van der Waals surface area contributed by atoms with E-state index in [1.54, 1.807) is 0 Å². The quantitative estimate of drug-likeness (QED) is 0.0898. The molecular formula is C40H52F6O. The smallest absolute Gasteiger partial charge is 0.400 e. The van der Waals surface area contributed by atoms with Crippen molar-refractivity contribution in [2.24, 2.45) is 23.7 Å². The van der Waals surface area contributed by atoms with Gasteiger partial charge in [0.05, 0.1) is 5.92 Å². The Hall–Kier alpha value is -2.44. The number of unbranched alkanes of at least 4 members (excludes halogenated alkanes) is 2. The first kappa shape index (κ1) is 35.9. The van der Waals surface area contributed by atoms with Crippen LogP contribution in [0.4, 0.5) is 26.3 Å². The fraction of sp³-hybridized carbons (Fsp3) is 0.650. The molecule has 0 spiro atoms. The molecule has 47 heavy (non-hydrogen) atoms. The highest BCUT2D eigenvalue weighted by Crippen LogP contribution is 2.43. The summed E-state index contributed by atoms with van der Waals surface area (Å²) < 4.78 is 89.4. The molecule has 0 radical (unpaired) electrons. The first-order valence-electron chi connectivity index (χ1n) is 18.3. The third-order valence-corrected chi connectivity index (χ3v) is 11.5. The molecule has 2 aromatic rings. The van der Waals surface area contributed by atoms with Crippen molar-refractivity contribution in [2.45, 2.75) is 140 Å². The zero-order chi connectivity index (χ0) is 33.4. The first-order chi connectivity index (χ1) is 22.6. The highest BCUT2D eigenvalue weighted by Gasteiger charge is 2.44. The van der Waals surface area contributed by atoms with Gasteiger partial charge in [0.2, 0.25) is 0 Å². The van der Waals surface area contributed by atoms with Gasteiger partial charge in [0.1, 0.15) is 11.6 Å². The SMILES string of the molecule is CCCCCC1CCC(c2ccc(C3CCC(/C=C/CCC4CCC(C(F)(F)Oc5cc(F)c(F)c(F)c5)CC4)CC3)c(F)c2)CC1. The number of benzene rings is 2. The minimum Gasteiger partial charge on any atom is -0.432 e. The highest BCUT2D eigenvalue weighted by molar-refractivity contribution is 5.30. The van der Waals surface area contributed by atoms with Gasteiger partial charge in [-0.1, -0.05) is 56.9 Å². The molecule has 3 aliphatic carbocycles. The normalized spacial score (nSPS) is 27.3. The molecule has 0 aliphatic heterocycles. The van der Waals surface area contributed by atoms with Crippen molar-refractivity contribution < 1.29 is 31.1 Å². The third-order valence-electron chi connectivity index (χ3n) is 11.5. The summed E-state index contributed by atoms with van der Waals surface area (Å²) in [4.78, 5) is 0. The maximum atomic E-state index is 15.3. The Balaban J connectivity index is 0.990. The zero-order valence-corrected chi connectivity index (χ0v) is 27.9. The van der Waals surface area contributed by atoms with Gasteiger partial charge in [-0.15, -0.1) is 0 Å². The molecule has 0 unspecified atom stereocenters. The molecule has 0 amide bonds. The number of rotatable bonds is 13. The van der Waals surface area contributed by atoms with Crippen LogP contribution in [-0.2, 0) is 0 Å². The first-order valence-corrected chi connectivity index (χ1v) is 18.3. The Kier molecular flexibility index (Phi) is 12.8. The van der Waals surface area contributed by atoms with E-state index in [1.165, 1.54) is 56.9 Å². The lowest BCUT2D eigenvalue weighted by Gasteiger charge is -2.33. The molecule has 7 heteroatoms. The maximum Gasteiger partial charge on any atom is 0.400 e. The Morgan fingerprint density at radius 3 is 1.96 bits per heavy atom. The van der Waals surface area contributed by atoms with Crippen LogP contribution in [0.25, 0.3) is 0 Å². The molecule has 2 aromatic carbocycles. The molecular weight excluding hydrogens is 610 g/mol. The predicted octanol–water partition coefficient (Wildman–Crippen LogP) is 13.2. The van der Waals surface area contributed by atoms with Crippen LogP contribution in [0.3, 0.4) is 0 Å². The van der Waals surface area contributed by atoms with Crippen molar-refractivity contribution in [1.82, 2.24) is 0 Å². The van der Waals surface area contributed by atoms with Gasteiger partial charge in [-0.3, -0.25) is 0 Å². The third kappa shape index (κ3) is 9.81. The van der Waals surface area contributed by atoms with Crippen molar-refractivity contribution in [2.75, 3.05) is 0 Å². The van der Waals surface area contributed by atoms with Gasteiger partial charge in [0.25, 0.3) is 0 Å². The van der Waals surface area contributed by atoms with Gasteiger partial charge in [-0.25, -0.2) is 17.6 Å². The Morgan fingerprint density at radius 1 is 0.702 bits per heavy atom. The molecule has 260 valence electrons. The summed E-state index contributed by atoms with van der Waals surface area (Å²) in [7, 11) is 0. The van der Waals surface area contributed by atoms with Gasteiger partial charge < -0.3 is 4.74 Å². The molecule has 1 nitrogen and oxygen atoms in total. The molecule has 3 aliphatic rings. The Morgan fingerprint density at radius 2 is 1.32 bits per heavy atom. The van der Waals surface area contributed by atoms with Crippen LogP contribution in [0.5, 0.6) is 5.75 Å². The van der Waals surface area contributed by atoms with E-state index in [0.29, 0.717) is 42.7 Å². The van der Waals surface area contributed by atoms with Crippen molar-refractivity contribution >= 4 is 0 Å². The maximum absolute atomic E-state index is 15.3. The minimum atomic E-state index is -3.59. The largest absolute Gasteiger partial charge is 0.432 e. The summed E-state index contributed by atoms with van der Waals surface area (Å²) in [6.07, 6.45) is 18.9. The van der Waals surface area contributed by atoms with Gasteiger partial charge in [-0.05, 0) is 137 Å². The van der Waals surface area contributed by atoms with Crippen LogP contribution in [0.1, 0.15) is 145 Å². The van der Waals surface area contributed by atoms with E-state index >= 15 is 4.39 Å². The van der Waals surface area contributed by atoms with Gasteiger partial charge in [0.15, 0.2) is 17.5 Å². The predicted molar refractivity (Wildman–Crippen MR) is 176 cm³/mol. The zero-order valence-electron chi connectivity index (χ0n) is 27.9. The van der Waals surface area contributed by atoms with Crippen LogP contribution >= 0.6 is 0 Å². The number of ether oxygens (including phenoxy) is 1. The van der Waals surface area contributed by atoms with Crippen LogP contribution in [0, 0.1) is 46.9 Å². The van der Waals surface area contributed by atoms with Crippen molar-refractivity contribution in [3.8, 4) is 5.75 Å². The van der Waals surface area contributed by atoms with Crippen molar-refractivity contribution in [3.05, 3.63) is 76.9 Å². The average Bonchev–Trinajstić information content (AvgIpc) is 3.06. The van der Waals surface area contributed by atoms with E-state index in [0.717, 1.165) is 50.0 Å². The number of hydrogen-bond donors (Lipinski definition) is 0. The fourth-order valence-corrected chi connectivity index (χ4v) is 8.46. The second-order valence-corrected chi connectivity index (χ2v) is 14.7. The minimum absolute atomic E-state index is 0.0242. The number of alkyl halides is 2. The molecule has 3 fully saturated rings. The van der Waals surface area contributed by atoms with E-state index < -0.39 is 35.2 Å².